The molecule has 1 aliphatic heterocycles. The molecule has 0 atom stereocenters. The van der Waals surface area contributed by atoms with Crippen LogP contribution in [0.25, 0.3) is 0 Å². The normalized spacial score (nSPS) is 22.9. The summed E-state index contributed by atoms with van der Waals surface area (Å²) in [5.74, 6) is 1.77. The predicted octanol–water partition coefficient (Wildman–Crippen LogP) is 2.46. The monoisotopic (exact) mass is 252 g/mol. The van der Waals surface area contributed by atoms with Crippen molar-refractivity contribution >= 4 is 5.91 Å². The standard InChI is InChI=1S/C15H28N2O/c18-15(12-14-4-2-1-3-5-14)17-11-8-13-6-9-16-10-7-13/h13-14,16H,1-12H2,(H,17,18). The van der Waals surface area contributed by atoms with Crippen molar-refractivity contribution in [3.8, 4) is 0 Å². The van der Waals surface area contributed by atoms with Gasteiger partial charge in [0.2, 0.25) is 5.91 Å². The summed E-state index contributed by atoms with van der Waals surface area (Å²) < 4.78 is 0. The van der Waals surface area contributed by atoms with Crippen molar-refractivity contribution in [2.24, 2.45) is 11.8 Å². The van der Waals surface area contributed by atoms with Gasteiger partial charge in [0.15, 0.2) is 0 Å². The molecule has 2 aliphatic rings. The Morgan fingerprint density at radius 1 is 1.00 bits per heavy atom. The van der Waals surface area contributed by atoms with E-state index in [-0.39, 0.29) is 5.91 Å². The second-order valence-electron chi connectivity index (χ2n) is 6.04. The molecule has 0 bridgehead atoms. The highest BCUT2D eigenvalue weighted by Crippen LogP contribution is 2.26. The van der Waals surface area contributed by atoms with E-state index < -0.39 is 0 Å². The van der Waals surface area contributed by atoms with Gasteiger partial charge < -0.3 is 10.6 Å². The maximum Gasteiger partial charge on any atom is 0.220 e. The minimum Gasteiger partial charge on any atom is -0.356 e. The molecule has 18 heavy (non-hydrogen) atoms. The Bertz CT molecular complexity index is 243. The summed E-state index contributed by atoms with van der Waals surface area (Å²) in [7, 11) is 0. The molecule has 1 heterocycles. The lowest BCUT2D eigenvalue weighted by Crippen LogP contribution is -2.32. The smallest absolute Gasteiger partial charge is 0.220 e. The van der Waals surface area contributed by atoms with Gasteiger partial charge in [-0.05, 0) is 57.0 Å². The molecule has 0 unspecified atom stereocenters. The third kappa shape index (κ3) is 4.97. The van der Waals surface area contributed by atoms with Crippen molar-refractivity contribution in [1.29, 1.82) is 0 Å². The molecule has 1 saturated carbocycles. The Kier molecular flexibility index (Phi) is 5.98. The van der Waals surface area contributed by atoms with E-state index in [0.29, 0.717) is 5.92 Å². The Hall–Kier alpha value is -0.570. The van der Waals surface area contributed by atoms with Gasteiger partial charge in [0, 0.05) is 13.0 Å². The van der Waals surface area contributed by atoms with Gasteiger partial charge >= 0.3 is 0 Å². The SMILES string of the molecule is O=C(CC1CCCCC1)NCCC1CCNCC1. The Labute approximate surface area is 111 Å². The fourth-order valence-corrected chi connectivity index (χ4v) is 3.31. The Balaban J connectivity index is 1.53. The highest BCUT2D eigenvalue weighted by molar-refractivity contribution is 5.76. The summed E-state index contributed by atoms with van der Waals surface area (Å²) in [5.41, 5.74) is 0. The molecule has 0 radical (unpaired) electrons. The molecule has 3 heteroatoms. The number of nitrogens with one attached hydrogen (secondary N) is 2. The lowest BCUT2D eigenvalue weighted by Gasteiger charge is -2.23. The maximum absolute atomic E-state index is 11.8. The topological polar surface area (TPSA) is 41.1 Å². The van der Waals surface area contributed by atoms with E-state index >= 15 is 0 Å². The van der Waals surface area contributed by atoms with E-state index in [9.17, 15) is 4.79 Å². The zero-order chi connectivity index (χ0) is 12.6. The van der Waals surface area contributed by atoms with Crippen molar-refractivity contribution in [3.05, 3.63) is 0 Å². The number of rotatable bonds is 5. The van der Waals surface area contributed by atoms with Crippen LogP contribution in [-0.2, 0) is 4.79 Å². The molecule has 1 aliphatic carbocycles. The van der Waals surface area contributed by atoms with Crippen LogP contribution in [-0.4, -0.2) is 25.5 Å². The van der Waals surface area contributed by atoms with E-state index in [2.05, 4.69) is 10.6 Å². The van der Waals surface area contributed by atoms with Crippen LogP contribution in [0.1, 0.15) is 57.8 Å². The predicted molar refractivity (Wildman–Crippen MR) is 74.4 cm³/mol. The molecule has 2 rings (SSSR count). The molecule has 0 aromatic carbocycles. The number of hydrogen-bond donors (Lipinski definition) is 2. The molecule has 0 aromatic heterocycles. The van der Waals surface area contributed by atoms with Crippen molar-refractivity contribution < 1.29 is 4.79 Å². The third-order valence-corrected chi connectivity index (χ3v) is 4.53. The molecule has 3 nitrogen and oxygen atoms in total. The molecule has 0 aromatic rings. The zero-order valence-electron chi connectivity index (χ0n) is 11.5. The van der Waals surface area contributed by atoms with E-state index in [1.54, 1.807) is 0 Å². The second kappa shape index (κ2) is 7.78. The third-order valence-electron chi connectivity index (χ3n) is 4.53. The summed E-state index contributed by atoms with van der Waals surface area (Å²) in [6.45, 7) is 3.19. The Morgan fingerprint density at radius 3 is 2.44 bits per heavy atom. The van der Waals surface area contributed by atoms with Crippen LogP contribution in [0.15, 0.2) is 0 Å². The average molecular weight is 252 g/mol. The summed E-state index contributed by atoms with van der Waals surface area (Å²) in [4.78, 5) is 11.8. The molecule has 1 saturated heterocycles. The molecular formula is C15H28N2O. The van der Waals surface area contributed by atoms with Gasteiger partial charge in [-0.25, -0.2) is 0 Å². The van der Waals surface area contributed by atoms with Gasteiger partial charge in [0.1, 0.15) is 0 Å². The number of carbonyl (C=O) groups excluding carboxylic acids is 1. The van der Waals surface area contributed by atoms with Crippen molar-refractivity contribution in [2.75, 3.05) is 19.6 Å². The van der Waals surface area contributed by atoms with E-state index in [1.807, 2.05) is 0 Å². The van der Waals surface area contributed by atoms with Gasteiger partial charge in [-0.15, -0.1) is 0 Å². The summed E-state index contributed by atoms with van der Waals surface area (Å²) in [6, 6.07) is 0. The number of hydrogen-bond acceptors (Lipinski definition) is 2. The summed E-state index contributed by atoms with van der Waals surface area (Å²) in [5, 5.41) is 6.50. The summed E-state index contributed by atoms with van der Waals surface area (Å²) >= 11 is 0. The first-order chi connectivity index (χ1) is 8.84. The lowest BCUT2D eigenvalue weighted by molar-refractivity contribution is -0.122. The highest BCUT2D eigenvalue weighted by Gasteiger charge is 2.17. The van der Waals surface area contributed by atoms with Crippen LogP contribution in [0, 0.1) is 11.8 Å². The van der Waals surface area contributed by atoms with Crippen LogP contribution in [0.4, 0.5) is 0 Å². The fourth-order valence-electron chi connectivity index (χ4n) is 3.31. The van der Waals surface area contributed by atoms with Gasteiger partial charge in [-0.3, -0.25) is 4.79 Å². The minimum absolute atomic E-state index is 0.288. The molecule has 104 valence electrons. The first kappa shape index (κ1) is 13.9. The van der Waals surface area contributed by atoms with Crippen molar-refractivity contribution in [2.45, 2.75) is 57.8 Å². The van der Waals surface area contributed by atoms with Crippen LogP contribution >= 0.6 is 0 Å². The first-order valence-electron chi connectivity index (χ1n) is 7.82. The zero-order valence-corrected chi connectivity index (χ0v) is 11.5. The number of carbonyl (C=O) groups is 1. The van der Waals surface area contributed by atoms with Gasteiger partial charge in [0.05, 0.1) is 0 Å². The van der Waals surface area contributed by atoms with Gasteiger partial charge in [0.25, 0.3) is 0 Å². The van der Waals surface area contributed by atoms with Crippen LogP contribution in [0.3, 0.4) is 0 Å². The van der Waals surface area contributed by atoms with E-state index in [0.717, 1.165) is 38.4 Å². The largest absolute Gasteiger partial charge is 0.356 e. The van der Waals surface area contributed by atoms with Gasteiger partial charge in [-0.2, -0.15) is 0 Å². The molecule has 1 amide bonds. The maximum atomic E-state index is 11.8. The molecule has 2 fully saturated rings. The minimum atomic E-state index is 0.288. The van der Waals surface area contributed by atoms with Crippen LogP contribution < -0.4 is 10.6 Å². The van der Waals surface area contributed by atoms with Crippen molar-refractivity contribution in [1.82, 2.24) is 10.6 Å². The second-order valence-corrected chi connectivity index (χ2v) is 6.04. The fraction of sp³-hybridized carbons (Fsp3) is 0.933. The lowest BCUT2D eigenvalue weighted by atomic mass is 9.87. The van der Waals surface area contributed by atoms with Gasteiger partial charge in [-0.1, -0.05) is 19.3 Å². The van der Waals surface area contributed by atoms with E-state index in [4.69, 9.17) is 0 Å². The molecular weight excluding hydrogens is 224 g/mol. The molecule has 0 spiro atoms. The highest BCUT2D eigenvalue weighted by atomic mass is 16.1. The summed E-state index contributed by atoms with van der Waals surface area (Å²) in [6.07, 6.45) is 11.0. The number of amides is 1. The van der Waals surface area contributed by atoms with E-state index in [1.165, 1.54) is 44.9 Å². The first-order valence-corrected chi connectivity index (χ1v) is 7.82. The van der Waals surface area contributed by atoms with Crippen LogP contribution in [0.2, 0.25) is 0 Å². The molecule has 2 N–H and O–H groups in total. The average Bonchev–Trinajstić information content (AvgIpc) is 2.41. The Morgan fingerprint density at radius 2 is 1.72 bits per heavy atom. The van der Waals surface area contributed by atoms with Crippen molar-refractivity contribution in [3.63, 3.8) is 0 Å². The number of piperidine rings is 1. The quantitative estimate of drug-likeness (QED) is 0.789. The van der Waals surface area contributed by atoms with Crippen LogP contribution in [0.5, 0.6) is 0 Å².